The maximum atomic E-state index is 14.1. The first-order chi connectivity index (χ1) is 10.0. The van der Waals surface area contributed by atoms with Crippen LogP contribution < -0.4 is 5.32 Å². The molecule has 0 saturated carbocycles. The van der Waals surface area contributed by atoms with E-state index in [1.54, 1.807) is 0 Å². The lowest BCUT2D eigenvalue weighted by Gasteiger charge is -2.19. The molecular weight excluding hydrogens is 360 g/mol. The number of nitrogens with one attached hydrogen (secondary N) is 1. The molecule has 0 radical (unpaired) electrons. The first kappa shape index (κ1) is 16.4. The molecule has 0 aliphatic heterocycles. The number of likely N-dealkylation sites (N-methyl/N-ethyl adjacent to an activating group) is 1. The zero-order chi connectivity index (χ0) is 15.4. The molecule has 112 valence electrons. The van der Waals surface area contributed by atoms with Crippen LogP contribution in [0.1, 0.15) is 24.1 Å². The van der Waals surface area contributed by atoms with Crippen molar-refractivity contribution >= 4 is 27.5 Å². The molecule has 21 heavy (non-hydrogen) atoms. The Labute approximate surface area is 136 Å². The first-order valence-corrected chi connectivity index (χ1v) is 7.80. The van der Waals surface area contributed by atoms with Crippen LogP contribution in [0.15, 0.2) is 40.9 Å². The minimum absolute atomic E-state index is 0.200. The van der Waals surface area contributed by atoms with E-state index in [-0.39, 0.29) is 11.1 Å². The smallest absolute Gasteiger partial charge is 0.142 e. The van der Waals surface area contributed by atoms with Gasteiger partial charge < -0.3 is 5.32 Å². The average molecular weight is 375 g/mol. The minimum atomic E-state index is -0.606. The van der Waals surface area contributed by atoms with Crippen molar-refractivity contribution in [1.82, 2.24) is 5.32 Å². The lowest BCUT2D eigenvalue weighted by atomic mass is 9.98. The summed E-state index contributed by atoms with van der Waals surface area (Å²) in [6.07, 6.45) is 0.561. The van der Waals surface area contributed by atoms with Gasteiger partial charge in [-0.05, 0) is 42.8 Å². The molecule has 0 aliphatic rings. The second-order valence-corrected chi connectivity index (χ2v) is 6.06. The van der Waals surface area contributed by atoms with E-state index < -0.39 is 11.6 Å². The first-order valence-electron chi connectivity index (χ1n) is 6.63. The van der Waals surface area contributed by atoms with Crippen molar-refractivity contribution in [3.8, 4) is 0 Å². The maximum Gasteiger partial charge on any atom is 0.142 e. The second kappa shape index (κ2) is 7.34. The predicted molar refractivity (Wildman–Crippen MR) is 85.6 cm³/mol. The molecule has 5 heteroatoms. The number of benzene rings is 2. The van der Waals surface area contributed by atoms with Crippen molar-refractivity contribution in [3.63, 3.8) is 0 Å². The third-order valence-corrected chi connectivity index (χ3v) is 3.98. The fraction of sp³-hybridized carbons (Fsp3) is 0.250. The van der Waals surface area contributed by atoms with Gasteiger partial charge in [-0.25, -0.2) is 8.78 Å². The van der Waals surface area contributed by atoms with Gasteiger partial charge >= 0.3 is 0 Å². The van der Waals surface area contributed by atoms with Crippen molar-refractivity contribution in [2.45, 2.75) is 19.4 Å². The predicted octanol–water partition coefficient (Wildman–Crippen LogP) is 5.27. The summed E-state index contributed by atoms with van der Waals surface area (Å²) >= 11 is 9.02. The van der Waals surface area contributed by atoms with Crippen molar-refractivity contribution in [2.24, 2.45) is 0 Å². The number of rotatable bonds is 5. The van der Waals surface area contributed by atoms with Crippen LogP contribution in [-0.2, 0) is 6.42 Å². The van der Waals surface area contributed by atoms with Gasteiger partial charge in [-0.1, -0.05) is 46.6 Å². The molecule has 0 saturated heterocycles. The average Bonchev–Trinajstić information content (AvgIpc) is 2.42. The summed E-state index contributed by atoms with van der Waals surface area (Å²) in [5, 5.41) is 2.99. The Bertz CT molecular complexity index is 634. The molecule has 0 aromatic heterocycles. The molecule has 2 aromatic rings. The summed E-state index contributed by atoms with van der Waals surface area (Å²) in [5.41, 5.74) is 1.32. The molecule has 2 rings (SSSR count). The van der Waals surface area contributed by atoms with Gasteiger partial charge in [-0.15, -0.1) is 0 Å². The van der Waals surface area contributed by atoms with Crippen LogP contribution >= 0.6 is 27.5 Å². The molecule has 1 atom stereocenters. The third-order valence-electron chi connectivity index (χ3n) is 3.19. The van der Waals surface area contributed by atoms with Crippen LogP contribution in [0.2, 0.25) is 5.02 Å². The van der Waals surface area contributed by atoms with E-state index in [1.807, 2.05) is 31.2 Å². The molecule has 1 nitrogen and oxygen atoms in total. The van der Waals surface area contributed by atoms with Crippen molar-refractivity contribution in [1.29, 1.82) is 0 Å². The van der Waals surface area contributed by atoms with Crippen LogP contribution in [0.3, 0.4) is 0 Å². The van der Waals surface area contributed by atoms with E-state index in [0.29, 0.717) is 18.5 Å². The summed E-state index contributed by atoms with van der Waals surface area (Å²) in [5.74, 6) is -1.10. The van der Waals surface area contributed by atoms with Crippen LogP contribution in [0.25, 0.3) is 0 Å². The van der Waals surface area contributed by atoms with Gasteiger partial charge in [-0.2, -0.15) is 0 Å². The van der Waals surface area contributed by atoms with Crippen molar-refractivity contribution in [3.05, 3.63) is 68.7 Å². The van der Waals surface area contributed by atoms with E-state index >= 15 is 0 Å². The molecule has 0 aliphatic carbocycles. The quantitative estimate of drug-likeness (QED) is 0.703. The van der Waals surface area contributed by atoms with Gasteiger partial charge in [0.1, 0.15) is 11.6 Å². The Kier molecular flexibility index (Phi) is 5.73. The number of hydrogen-bond donors (Lipinski definition) is 1. The van der Waals surface area contributed by atoms with E-state index in [9.17, 15) is 8.78 Å². The normalized spacial score (nSPS) is 12.4. The molecule has 1 unspecified atom stereocenters. The molecule has 0 amide bonds. The molecular formula is C16H15BrClF2N. The Hall–Kier alpha value is -0.970. The second-order valence-electron chi connectivity index (χ2n) is 4.73. The van der Waals surface area contributed by atoms with Gasteiger partial charge in [0.05, 0.1) is 5.02 Å². The Morgan fingerprint density at radius 2 is 1.95 bits per heavy atom. The van der Waals surface area contributed by atoms with Gasteiger partial charge in [0.2, 0.25) is 0 Å². The van der Waals surface area contributed by atoms with Gasteiger partial charge in [0, 0.05) is 16.1 Å². The number of halogens is 4. The van der Waals surface area contributed by atoms with Crippen LogP contribution in [-0.4, -0.2) is 6.54 Å². The fourth-order valence-electron chi connectivity index (χ4n) is 2.24. The van der Waals surface area contributed by atoms with E-state index in [4.69, 9.17) is 11.6 Å². The highest BCUT2D eigenvalue weighted by atomic mass is 79.9. The van der Waals surface area contributed by atoms with E-state index in [2.05, 4.69) is 21.2 Å². The van der Waals surface area contributed by atoms with E-state index in [1.165, 1.54) is 6.07 Å². The Morgan fingerprint density at radius 3 is 2.62 bits per heavy atom. The van der Waals surface area contributed by atoms with Crippen LogP contribution in [0, 0.1) is 11.6 Å². The summed E-state index contributed by atoms with van der Waals surface area (Å²) in [6.45, 7) is 2.58. The topological polar surface area (TPSA) is 12.0 Å². The zero-order valence-electron chi connectivity index (χ0n) is 11.5. The lowest BCUT2D eigenvalue weighted by Crippen LogP contribution is -2.24. The highest BCUT2D eigenvalue weighted by Crippen LogP contribution is 2.27. The van der Waals surface area contributed by atoms with Crippen molar-refractivity contribution in [2.75, 3.05) is 6.54 Å². The zero-order valence-corrected chi connectivity index (χ0v) is 13.8. The summed E-state index contributed by atoms with van der Waals surface area (Å²) < 4.78 is 28.7. The highest BCUT2D eigenvalue weighted by Gasteiger charge is 2.18. The van der Waals surface area contributed by atoms with Crippen LogP contribution in [0.5, 0.6) is 0 Å². The minimum Gasteiger partial charge on any atom is -0.310 e. The number of hydrogen-bond acceptors (Lipinski definition) is 1. The summed E-state index contributed by atoms with van der Waals surface area (Å²) in [4.78, 5) is 0. The molecule has 0 fully saturated rings. The third kappa shape index (κ3) is 4.25. The molecule has 1 N–H and O–H groups in total. The Balaban J connectivity index is 2.33. The molecule has 0 spiro atoms. The summed E-state index contributed by atoms with van der Waals surface area (Å²) in [7, 11) is 0. The van der Waals surface area contributed by atoms with Crippen molar-refractivity contribution < 1.29 is 8.78 Å². The monoisotopic (exact) mass is 373 g/mol. The SMILES string of the molecule is CCNC(Cc1cccc(Br)c1)c1cc(F)c(Cl)cc1F. The van der Waals surface area contributed by atoms with Crippen LogP contribution in [0.4, 0.5) is 8.78 Å². The molecule has 0 heterocycles. The lowest BCUT2D eigenvalue weighted by molar-refractivity contribution is 0.502. The Morgan fingerprint density at radius 1 is 1.19 bits per heavy atom. The fourth-order valence-corrected chi connectivity index (χ4v) is 2.84. The van der Waals surface area contributed by atoms with Gasteiger partial charge in [0.25, 0.3) is 0 Å². The van der Waals surface area contributed by atoms with E-state index in [0.717, 1.165) is 16.1 Å². The van der Waals surface area contributed by atoms with Gasteiger partial charge in [0.15, 0.2) is 0 Å². The largest absolute Gasteiger partial charge is 0.310 e. The maximum absolute atomic E-state index is 14.1. The highest BCUT2D eigenvalue weighted by molar-refractivity contribution is 9.10. The summed E-state index contributed by atoms with van der Waals surface area (Å²) in [6, 6.07) is 9.65. The standard InChI is InChI=1S/C16H15BrClF2N/c1-2-21-16(7-10-4-3-5-11(17)6-10)12-8-15(20)13(18)9-14(12)19/h3-6,8-9,16,21H,2,7H2,1H3. The molecule has 0 bridgehead atoms. The molecule has 2 aromatic carbocycles. The van der Waals surface area contributed by atoms with Gasteiger partial charge in [-0.3, -0.25) is 0 Å².